The Balaban J connectivity index is 1.55. The first kappa shape index (κ1) is 15.1. The van der Waals surface area contributed by atoms with E-state index >= 15 is 0 Å². The van der Waals surface area contributed by atoms with Crippen LogP contribution < -0.4 is 10.1 Å². The smallest absolute Gasteiger partial charge is 0.119 e. The summed E-state index contributed by atoms with van der Waals surface area (Å²) in [6, 6.07) is 7.03. The molecule has 1 aliphatic rings. The highest BCUT2D eigenvalue weighted by atomic mass is 16.5. The second-order valence-electron chi connectivity index (χ2n) is 6.16. The summed E-state index contributed by atoms with van der Waals surface area (Å²) in [4.78, 5) is 0. The average Bonchev–Trinajstić information content (AvgIpc) is 2.86. The molecule has 3 rings (SSSR count). The van der Waals surface area contributed by atoms with Crippen LogP contribution in [0, 0.1) is 6.92 Å². The fourth-order valence-corrected chi connectivity index (χ4v) is 3.24. The molecular formula is C18H25N3O. The van der Waals surface area contributed by atoms with Gasteiger partial charge < -0.3 is 10.1 Å². The van der Waals surface area contributed by atoms with E-state index in [9.17, 15) is 0 Å². The highest BCUT2D eigenvalue weighted by molar-refractivity contribution is 5.37. The molecule has 0 saturated carbocycles. The van der Waals surface area contributed by atoms with Crippen LogP contribution in [-0.4, -0.2) is 29.5 Å². The van der Waals surface area contributed by atoms with Gasteiger partial charge in [-0.2, -0.15) is 5.10 Å². The zero-order valence-electron chi connectivity index (χ0n) is 13.7. The highest BCUT2D eigenvalue weighted by Gasteiger charge is 2.18. The van der Waals surface area contributed by atoms with E-state index in [2.05, 4.69) is 35.5 Å². The quantitative estimate of drug-likeness (QED) is 0.921. The third-order valence-electron chi connectivity index (χ3n) is 4.81. The first-order valence-electron chi connectivity index (χ1n) is 8.04. The summed E-state index contributed by atoms with van der Waals surface area (Å²) >= 11 is 0. The van der Waals surface area contributed by atoms with Gasteiger partial charge in [0.1, 0.15) is 5.75 Å². The number of hydrogen-bond acceptors (Lipinski definition) is 3. The SMILES string of the molecule is COc1ccc2c(c1)C[C@@H](NCCc1cnn(C)c1C)CC2. The lowest BCUT2D eigenvalue weighted by molar-refractivity contribution is 0.411. The monoisotopic (exact) mass is 299 g/mol. The zero-order chi connectivity index (χ0) is 15.5. The molecule has 1 aliphatic carbocycles. The van der Waals surface area contributed by atoms with Crippen LogP contribution in [0.1, 0.15) is 28.8 Å². The zero-order valence-corrected chi connectivity index (χ0v) is 13.7. The third kappa shape index (κ3) is 3.17. The van der Waals surface area contributed by atoms with Crippen molar-refractivity contribution >= 4 is 0 Å². The van der Waals surface area contributed by atoms with Crippen molar-refractivity contribution in [2.24, 2.45) is 7.05 Å². The van der Waals surface area contributed by atoms with Crippen LogP contribution in [-0.2, 0) is 26.3 Å². The van der Waals surface area contributed by atoms with Gasteiger partial charge in [-0.05, 0) is 68.0 Å². The second-order valence-corrected chi connectivity index (χ2v) is 6.16. The Morgan fingerprint density at radius 1 is 1.36 bits per heavy atom. The van der Waals surface area contributed by atoms with E-state index < -0.39 is 0 Å². The Labute approximate surface area is 132 Å². The molecule has 4 nitrogen and oxygen atoms in total. The average molecular weight is 299 g/mol. The fraction of sp³-hybridized carbons (Fsp3) is 0.500. The largest absolute Gasteiger partial charge is 0.497 e. The van der Waals surface area contributed by atoms with Crippen LogP contribution in [0.4, 0.5) is 0 Å². The molecule has 118 valence electrons. The molecule has 0 spiro atoms. The van der Waals surface area contributed by atoms with Gasteiger partial charge in [0.05, 0.1) is 13.3 Å². The lowest BCUT2D eigenvalue weighted by atomic mass is 9.88. The predicted octanol–water partition coefficient (Wildman–Crippen LogP) is 2.43. The van der Waals surface area contributed by atoms with E-state index in [0.29, 0.717) is 6.04 Å². The van der Waals surface area contributed by atoms with Crippen molar-refractivity contribution in [3.05, 3.63) is 46.8 Å². The molecule has 2 aromatic rings. The van der Waals surface area contributed by atoms with Gasteiger partial charge in [0.2, 0.25) is 0 Å². The van der Waals surface area contributed by atoms with E-state index in [1.165, 1.54) is 28.8 Å². The van der Waals surface area contributed by atoms with E-state index in [-0.39, 0.29) is 0 Å². The van der Waals surface area contributed by atoms with E-state index in [4.69, 9.17) is 4.74 Å². The van der Waals surface area contributed by atoms with Gasteiger partial charge in [0.25, 0.3) is 0 Å². The van der Waals surface area contributed by atoms with Gasteiger partial charge in [0, 0.05) is 18.8 Å². The van der Waals surface area contributed by atoms with Crippen LogP contribution in [0.5, 0.6) is 5.75 Å². The number of nitrogens with one attached hydrogen (secondary N) is 1. The first-order valence-corrected chi connectivity index (χ1v) is 8.04. The summed E-state index contributed by atoms with van der Waals surface area (Å²) in [7, 11) is 3.73. The standard InChI is InChI=1S/C18H25N3O/c1-13-15(12-20-21(13)2)8-9-19-17-6-4-14-5-7-18(22-3)11-16(14)10-17/h5,7,11-12,17,19H,4,6,8-10H2,1-3H3/t17-/m0/s1. The number of aromatic nitrogens is 2. The molecule has 0 amide bonds. The molecular weight excluding hydrogens is 274 g/mol. The van der Waals surface area contributed by atoms with Crippen molar-refractivity contribution in [1.82, 2.24) is 15.1 Å². The molecule has 0 fully saturated rings. The number of benzene rings is 1. The third-order valence-corrected chi connectivity index (χ3v) is 4.81. The van der Waals surface area contributed by atoms with Gasteiger partial charge in [-0.15, -0.1) is 0 Å². The summed E-state index contributed by atoms with van der Waals surface area (Å²) in [5, 5.41) is 8.01. The molecule has 1 atom stereocenters. The van der Waals surface area contributed by atoms with Crippen LogP contribution in [0.2, 0.25) is 0 Å². The number of aryl methyl sites for hydroxylation is 2. The Hall–Kier alpha value is -1.81. The Kier molecular flexibility index (Phi) is 4.48. The normalized spacial score (nSPS) is 17.3. The molecule has 0 radical (unpaired) electrons. The van der Waals surface area contributed by atoms with Crippen LogP contribution in [0.3, 0.4) is 0 Å². The van der Waals surface area contributed by atoms with Gasteiger partial charge in [-0.25, -0.2) is 0 Å². The summed E-state index contributed by atoms with van der Waals surface area (Å²) in [6.45, 7) is 3.14. The molecule has 1 aromatic heterocycles. The topological polar surface area (TPSA) is 39.1 Å². The number of nitrogens with zero attached hydrogens (tertiary/aromatic N) is 2. The van der Waals surface area contributed by atoms with Gasteiger partial charge in [-0.3, -0.25) is 4.68 Å². The number of hydrogen-bond donors (Lipinski definition) is 1. The Morgan fingerprint density at radius 2 is 2.23 bits per heavy atom. The minimum atomic E-state index is 0.566. The van der Waals surface area contributed by atoms with Crippen LogP contribution >= 0.6 is 0 Å². The second kappa shape index (κ2) is 6.53. The van der Waals surface area contributed by atoms with Crippen molar-refractivity contribution in [3.8, 4) is 5.75 Å². The summed E-state index contributed by atoms with van der Waals surface area (Å²) in [5.74, 6) is 0.963. The van der Waals surface area contributed by atoms with Gasteiger partial charge >= 0.3 is 0 Å². The maximum absolute atomic E-state index is 5.34. The summed E-state index contributed by atoms with van der Waals surface area (Å²) < 4.78 is 7.28. The maximum Gasteiger partial charge on any atom is 0.119 e. The van der Waals surface area contributed by atoms with Gasteiger partial charge in [-0.1, -0.05) is 6.07 Å². The molecule has 1 aromatic carbocycles. The summed E-state index contributed by atoms with van der Waals surface area (Å²) in [6.07, 6.45) is 6.49. The van der Waals surface area contributed by atoms with E-state index in [1.54, 1.807) is 7.11 Å². The first-order chi connectivity index (χ1) is 10.7. The minimum absolute atomic E-state index is 0.566. The van der Waals surface area contributed by atoms with Crippen molar-refractivity contribution in [2.75, 3.05) is 13.7 Å². The number of fused-ring (bicyclic) bond motifs is 1. The molecule has 0 saturated heterocycles. The molecule has 1 N–H and O–H groups in total. The Morgan fingerprint density at radius 3 is 2.95 bits per heavy atom. The van der Waals surface area contributed by atoms with E-state index in [0.717, 1.165) is 31.6 Å². The van der Waals surface area contributed by atoms with Crippen molar-refractivity contribution in [1.29, 1.82) is 0 Å². The fourth-order valence-electron chi connectivity index (χ4n) is 3.24. The van der Waals surface area contributed by atoms with Crippen molar-refractivity contribution in [3.63, 3.8) is 0 Å². The number of rotatable bonds is 5. The molecule has 0 bridgehead atoms. The molecule has 22 heavy (non-hydrogen) atoms. The Bertz CT molecular complexity index is 648. The van der Waals surface area contributed by atoms with Crippen molar-refractivity contribution < 1.29 is 4.74 Å². The van der Waals surface area contributed by atoms with Crippen LogP contribution in [0.15, 0.2) is 24.4 Å². The molecule has 4 heteroatoms. The molecule has 0 aliphatic heterocycles. The van der Waals surface area contributed by atoms with E-state index in [1.807, 2.05) is 17.9 Å². The summed E-state index contributed by atoms with van der Waals surface area (Å²) in [5.41, 5.74) is 5.51. The number of methoxy groups -OCH3 is 1. The molecule has 0 unspecified atom stereocenters. The number of ether oxygens (including phenoxy) is 1. The highest BCUT2D eigenvalue weighted by Crippen LogP contribution is 2.25. The maximum atomic E-state index is 5.34. The predicted molar refractivity (Wildman–Crippen MR) is 88.5 cm³/mol. The van der Waals surface area contributed by atoms with Crippen LogP contribution in [0.25, 0.3) is 0 Å². The molecule has 1 heterocycles. The van der Waals surface area contributed by atoms with Gasteiger partial charge in [0.15, 0.2) is 0 Å². The minimum Gasteiger partial charge on any atom is -0.497 e. The lowest BCUT2D eigenvalue weighted by Gasteiger charge is -2.26. The van der Waals surface area contributed by atoms with Crippen molar-refractivity contribution in [2.45, 2.75) is 38.6 Å². The lowest BCUT2D eigenvalue weighted by Crippen LogP contribution is -2.35.